The first-order chi connectivity index (χ1) is 12.1. The standard InChI is InChI=1S/C19H19F3N2O2/c1-11-4-3-5-15(17(11)18(23)26)24-16(25)10-12(2)13-6-8-14(9-7-13)19(20,21)22/h3-9,12H,10H2,1-2H3,(H2,23,26)(H,24,25). The van der Waals surface area contributed by atoms with E-state index in [-0.39, 0.29) is 23.8 Å². The van der Waals surface area contributed by atoms with Crippen molar-refractivity contribution >= 4 is 17.5 Å². The van der Waals surface area contributed by atoms with Crippen molar-refractivity contribution in [3.63, 3.8) is 0 Å². The predicted molar refractivity (Wildman–Crippen MR) is 92.8 cm³/mol. The first-order valence-electron chi connectivity index (χ1n) is 7.96. The molecule has 26 heavy (non-hydrogen) atoms. The number of nitrogens with two attached hydrogens (primary N) is 1. The molecule has 1 unspecified atom stereocenters. The third kappa shape index (κ3) is 4.62. The van der Waals surface area contributed by atoms with Gasteiger partial charge in [0.1, 0.15) is 0 Å². The average Bonchev–Trinajstić information content (AvgIpc) is 2.53. The zero-order valence-electron chi connectivity index (χ0n) is 14.4. The molecule has 0 fully saturated rings. The molecule has 2 aromatic carbocycles. The lowest BCUT2D eigenvalue weighted by atomic mass is 9.96. The van der Waals surface area contributed by atoms with Crippen LogP contribution in [-0.4, -0.2) is 11.8 Å². The highest BCUT2D eigenvalue weighted by molar-refractivity contribution is 6.04. The second-order valence-corrected chi connectivity index (χ2v) is 6.13. The molecule has 138 valence electrons. The Balaban J connectivity index is 2.09. The predicted octanol–water partition coefficient (Wildman–Crippen LogP) is 4.25. The monoisotopic (exact) mass is 364 g/mol. The fourth-order valence-corrected chi connectivity index (χ4v) is 2.70. The Morgan fingerprint density at radius 2 is 1.73 bits per heavy atom. The fraction of sp³-hybridized carbons (Fsp3) is 0.263. The molecule has 2 aromatic rings. The summed E-state index contributed by atoms with van der Waals surface area (Å²) in [5, 5.41) is 2.65. The number of nitrogens with one attached hydrogen (secondary N) is 1. The van der Waals surface area contributed by atoms with Gasteiger partial charge in [0.25, 0.3) is 5.91 Å². The maximum atomic E-state index is 12.6. The van der Waals surface area contributed by atoms with Crippen LogP contribution in [0.4, 0.5) is 18.9 Å². The quantitative estimate of drug-likeness (QED) is 0.833. The van der Waals surface area contributed by atoms with E-state index in [1.54, 1.807) is 32.0 Å². The van der Waals surface area contributed by atoms with Crippen molar-refractivity contribution in [2.45, 2.75) is 32.4 Å². The van der Waals surface area contributed by atoms with Crippen LogP contribution in [-0.2, 0) is 11.0 Å². The number of alkyl halides is 3. The van der Waals surface area contributed by atoms with Gasteiger partial charge in [0.15, 0.2) is 0 Å². The summed E-state index contributed by atoms with van der Waals surface area (Å²) in [5.74, 6) is -1.29. The number of anilines is 1. The molecule has 0 saturated carbocycles. The SMILES string of the molecule is Cc1cccc(NC(=O)CC(C)c2ccc(C(F)(F)F)cc2)c1C(N)=O. The lowest BCUT2D eigenvalue weighted by Gasteiger charge is -2.15. The van der Waals surface area contributed by atoms with Gasteiger partial charge in [-0.1, -0.05) is 31.2 Å². The maximum Gasteiger partial charge on any atom is 0.416 e. The highest BCUT2D eigenvalue weighted by Gasteiger charge is 2.30. The number of primary amides is 1. The van der Waals surface area contributed by atoms with Crippen LogP contribution in [0.1, 0.15) is 46.3 Å². The van der Waals surface area contributed by atoms with Gasteiger partial charge in [-0.25, -0.2) is 0 Å². The van der Waals surface area contributed by atoms with E-state index in [9.17, 15) is 22.8 Å². The molecular weight excluding hydrogens is 345 g/mol. The van der Waals surface area contributed by atoms with Gasteiger partial charge in [-0.05, 0) is 42.2 Å². The normalized spacial score (nSPS) is 12.5. The Bertz CT molecular complexity index is 815. The number of benzene rings is 2. The molecule has 0 aliphatic carbocycles. The Labute approximate surface area is 149 Å². The van der Waals surface area contributed by atoms with Crippen LogP contribution in [0.15, 0.2) is 42.5 Å². The maximum absolute atomic E-state index is 12.6. The Kier molecular flexibility index (Phi) is 5.69. The van der Waals surface area contributed by atoms with E-state index in [1.165, 1.54) is 12.1 Å². The molecule has 0 aliphatic heterocycles. The summed E-state index contributed by atoms with van der Waals surface area (Å²) >= 11 is 0. The van der Waals surface area contributed by atoms with Crippen molar-refractivity contribution in [2.24, 2.45) is 5.73 Å². The van der Waals surface area contributed by atoms with Crippen LogP contribution in [0.3, 0.4) is 0 Å². The van der Waals surface area contributed by atoms with E-state index >= 15 is 0 Å². The van der Waals surface area contributed by atoms with E-state index in [0.29, 0.717) is 16.8 Å². The van der Waals surface area contributed by atoms with Crippen LogP contribution in [0, 0.1) is 6.92 Å². The summed E-state index contributed by atoms with van der Waals surface area (Å²) in [6, 6.07) is 9.70. The van der Waals surface area contributed by atoms with Crippen molar-refractivity contribution in [3.8, 4) is 0 Å². The second-order valence-electron chi connectivity index (χ2n) is 6.13. The Morgan fingerprint density at radius 1 is 1.12 bits per heavy atom. The van der Waals surface area contributed by atoms with E-state index in [4.69, 9.17) is 5.73 Å². The van der Waals surface area contributed by atoms with Crippen LogP contribution in [0.5, 0.6) is 0 Å². The summed E-state index contributed by atoms with van der Waals surface area (Å²) in [6.07, 6.45) is -4.34. The number of amides is 2. The van der Waals surface area contributed by atoms with Crippen molar-refractivity contribution in [1.29, 1.82) is 0 Å². The molecule has 0 spiro atoms. The second kappa shape index (κ2) is 7.59. The van der Waals surface area contributed by atoms with Crippen LogP contribution >= 0.6 is 0 Å². The molecule has 0 aromatic heterocycles. The average molecular weight is 364 g/mol. The van der Waals surface area contributed by atoms with E-state index in [0.717, 1.165) is 12.1 Å². The van der Waals surface area contributed by atoms with Crippen LogP contribution in [0.2, 0.25) is 0 Å². The molecule has 7 heteroatoms. The largest absolute Gasteiger partial charge is 0.416 e. The van der Waals surface area contributed by atoms with Crippen LogP contribution < -0.4 is 11.1 Å². The molecule has 0 bridgehead atoms. The lowest BCUT2D eigenvalue weighted by molar-refractivity contribution is -0.137. The van der Waals surface area contributed by atoms with E-state index in [2.05, 4.69) is 5.32 Å². The number of carbonyl (C=O) groups is 2. The molecule has 0 saturated heterocycles. The summed E-state index contributed by atoms with van der Waals surface area (Å²) in [6.45, 7) is 3.45. The van der Waals surface area contributed by atoms with E-state index in [1.807, 2.05) is 0 Å². The Hall–Kier alpha value is -2.83. The smallest absolute Gasteiger partial charge is 0.366 e. The number of carbonyl (C=O) groups excluding carboxylic acids is 2. The summed E-state index contributed by atoms with van der Waals surface area (Å²) < 4.78 is 37.8. The molecule has 2 amide bonds. The molecule has 1 atom stereocenters. The van der Waals surface area contributed by atoms with Gasteiger partial charge < -0.3 is 11.1 Å². The van der Waals surface area contributed by atoms with Gasteiger partial charge in [-0.3, -0.25) is 9.59 Å². The summed E-state index contributed by atoms with van der Waals surface area (Å²) in [7, 11) is 0. The first-order valence-corrected chi connectivity index (χ1v) is 7.96. The Morgan fingerprint density at radius 3 is 2.27 bits per heavy atom. The van der Waals surface area contributed by atoms with Gasteiger partial charge >= 0.3 is 6.18 Å². The number of hydrogen-bond donors (Lipinski definition) is 2. The van der Waals surface area contributed by atoms with Gasteiger partial charge in [0.05, 0.1) is 16.8 Å². The van der Waals surface area contributed by atoms with Gasteiger partial charge in [-0.15, -0.1) is 0 Å². The molecule has 0 heterocycles. The van der Waals surface area contributed by atoms with Gasteiger partial charge in [-0.2, -0.15) is 13.2 Å². The molecule has 3 N–H and O–H groups in total. The van der Waals surface area contributed by atoms with Crippen molar-refractivity contribution < 1.29 is 22.8 Å². The zero-order chi connectivity index (χ0) is 19.5. The van der Waals surface area contributed by atoms with Gasteiger partial charge in [0.2, 0.25) is 5.91 Å². The van der Waals surface area contributed by atoms with Crippen molar-refractivity contribution in [3.05, 3.63) is 64.7 Å². The van der Waals surface area contributed by atoms with Gasteiger partial charge in [0, 0.05) is 6.42 Å². The zero-order valence-corrected chi connectivity index (χ0v) is 14.4. The number of halogens is 3. The molecule has 4 nitrogen and oxygen atoms in total. The summed E-state index contributed by atoms with van der Waals surface area (Å²) in [5.41, 5.74) is 6.44. The molecule has 0 aliphatic rings. The molecular formula is C19H19F3N2O2. The lowest BCUT2D eigenvalue weighted by Crippen LogP contribution is -2.20. The highest BCUT2D eigenvalue weighted by atomic mass is 19.4. The first kappa shape index (κ1) is 19.5. The fourth-order valence-electron chi connectivity index (χ4n) is 2.70. The number of hydrogen-bond acceptors (Lipinski definition) is 2. The number of rotatable bonds is 5. The molecule has 0 radical (unpaired) electrons. The minimum Gasteiger partial charge on any atom is -0.366 e. The summed E-state index contributed by atoms with van der Waals surface area (Å²) in [4.78, 5) is 23.8. The van der Waals surface area contributed by atoms with Crippen molar-refractivity contribution in [2.75, 3.05) is 5.32 Å². The highest BCUT2D eigenvalue weighted by Crippen LogP contribution is 2.30. The topological polar surface area (TPSA) is 72.2 Å². The van der Waals surface area contributed by atoms with Crippen LogP contribution in [0.25, 0.3) is 0 Å². The van der Waals surface area contributed by atoms with E-state index < -0.39 is 17.6 Å². The third-order valence-electron chi connectivity index (χ3n) is 4.09. The molecule has 2 rings (SSSR count). The minimum absolute atomic E-state index is 0.0531. The number of aryl methyl sites for hydroxylation is 1. The third-order valence-corrected chi connectivity index (χ3v) is 4.09. The van der Waals surface area contributed by atoms with Crippen molar-refractivity contribution in [1.82, 2.24) is 0 Å². The minimum atomic E-state index is -4.39.